The van der Waals surface area contributed by atoms with Crippen LogP contribution in [0.4, 0.5) is 11.4 Å². The molecule has 3 fully saturated rings. The number of nitrogens with one attached hydrogen (secondary N) is 1. The van der Waals surface area contributed by atoms with Crippen molar-refractivity contribution in [2.45, 2.75) is 20.3 Å². The second-order valence-electron chi connectivity index (χ2n) is 9.52. The van der Waals surface area contributed by atoms with E-state index in [1.807, 2.05) is 26.0 Å². The first-order valence-electron chi connectivity index (χ1n) is 11.1. The number of amides is 3. The maximum atomic E-state index is 13.4. The molecule has 2 aromatic rings. The Balaban J connectivity index is 1.28. The summed E-state index contributed by atoms with van der Waals surface area (Å²) >= 11 is 3.51. The molecule has 162 valence electrons. The monoisotopic (exact) mass is 490 g/mol. The molecule has 1 heterocycles. The summed E-state index contributed by atoms with van der Waals surface area (Å²) in [5.74, 6) is 0.534. The molecular weight excluding hydrogens is 468 g/mol. The lowest BCUT2D eigenvalue weighted by Gasteiger charge is -2.37. The predicted molar refractivity (Wildman–Crippen MR) is 125 cm³/mol. The number of carbonyl (C=O) groups excluding carboxylic acids is 3. The van der Waals surface area contributed by atoms with E-state index < -0.39 is 0 Å². The van der Waals surface area contributed by atoms with Crippen LogP contribution in [-0.2, 0) is 9.59 Å². The smallest absolute Gasteiger partial charge is 0.255 e. The zero-order valence-electron chi connectivity index (χ0n) is 17.8. The summed E-state index contributed by atoms with van der Waals surface area (Å²) in [5, 5.41) is 2.96. The van der Waals surface area contributed by atoms with Gasteiger partial charge in [0.2, 0.25) is 11.8 Å². The van der Waals surface area contributed by atoms with Gasteiger partial charge in [-0.3, -0.25) is 14.4 Å². The first-order chi connectivity index (χ1) is 15.4. The van der Waals surface area contributed by atoms with Gasteiger partial charge in [0.1, 0.15) is 0 Å². The van der Waals surface area contributed by atoms with Crippen molar-refractivity contribution in [3.63, 3.8) is 0 Å². The predicted octanol–water partition coefficient (Wildman–Crippen LogP) is 4.88. The fourth-order valence-corrected chi connectivity index (χ4v) is 6.54. The third kappa shape index (κ3) is 2.71. The Morgan fingerprint density at radius 1 is 0.969 bits per heavy atom. The highest BCUT2D eigenvalue weighted by Crippen LogP contribution is 2.65. The number of imide groups is 1. The summed E-state index contributed by atoms with van der Waals surface area (Å²) in [6.45, 7) is 3.95. The molecule has 2 bridgehead atoms. The van der Waals surface area contributed by atoms with Crippen molar-refractivity contribution in [2.75, 3.05) is 10.2 Å². The van der Waals surface area contributed by atoms with Crippen molar-refractivity contribution >= 4 is 45.0 Å². The van der Waals surface area contributed by atoms with E-state index in [0.717, 1.165) is 27.7 Å². The molecule has 1 aliphatic heterocycles. The van der Waals surface area contributed by atoms with Gasteiger partial charge in [-0.05, 0) is 85.4 Å². The highest BCUT2D eigenvalue weighted by molar-refractivity contribution is 9.10. The fraction of sp³-hybridized carbons (Fsp3) is 0.346. The van der Waals surface area contributed by atoms with Gasteiger partial charge in [-0.15, -0.1) is 0 Å². The average molecular weight is 491 g/mol. The standard InChI is InChI=1S/C26H23BrN2O3/c1-12-13(2)21(9-8-20(12)27)28-24(30)14-4-3-5-15(10-14)29-25(31)22-16-6-7-17(19-11-18(16)19)23(22)26(29)32/h3-10,16-19,22-23H,11H2,1-2H3,(H,28,30)/t16-,17-,18-,19-,22+,23+/m0/s1. The molecule has 4 aliphatic carbocycles. The maximum Gasteiger partial charge on any atom is 0.255 e. The highest BCUT2D eigenvalue weighted by Gasteiger charge is 2.67. The van der Waals surface area contributed by atoms with Crippen LogP contribution in [0.3, 0.4) is 0 Å². The van der Waals surface area contributed by atoms with E-state index in [9.17, 15) is 14.4 Å². The van der Waals surface area contributed by atoms with Crippen molar-refractivity contribution in [2.24, 2.45) is 35.5 Å². The van der Waals surface area contributed by atoms with Crippen molar-refractivity contribution in [1.29, 1.82) is 0 Å². The van der Waals surface area contributed by atoms with Crippen LogP contribution in [0, 0.1) is 49.4 Å². The number of halogens is 1. The molecule has 6 atom stereocenters. The van der Waals surface area contributed by atoms with Crippen LogP contribution in [-0.4, -0.2) is 17.7 Å². The zero-order valence-corrected chi connectivity index (χ0v) is 19.4. The number of carbonyl (C=O) groups is 3. The summed E-state index contributed by atoms with van der Waals surface area (Å²) in [7, 11) is 0. The minimum absolute atomic E-state index is 0.110. The number of benzene rings is 2. The van der Waals surface area contributed by atoms with E-state index in [2.05, 4.69) is 33.4 Å². The van der Waals surface area contributed by atoms with Crippen LogP contribution >= 0.6 is 15.9 Å². The molecule has 0 aromatic heterocycles. The summed E-state index contributed by atoms with van der Waals surface area (Å²) < 4.78 is 0.989. The Morgan fingerprint density at radius 2 is 1.62 bits per heavy atom. The zero-order chi connectivity index (χ0) is 22.3. The molecule has 0 spiro atoms. The summed E-state index contributed by atoms with van der Waals surface area (Å²) in [5.41, 5.74) is 3.69. The first kappa shape index (κ1) is 19.9. The minimum atomic E-state index is -0.267. The number of hydrogen-bond donors (Lipinski definition) is 1. The van der Waals surface area contributed by atoms with Crippen LogP contribution in [0.15, 0.2) is 53.0 Å². The molecule has 2 saturated carbocycles. The van der Waals surface area contributed by atoms with E-state index in [4.69, 9.17) is 0 Å². The fourth-order valence-electron chi connectivity index (χ4n) is 6.12. The van der Waals surface area contributed by atoms with Crippen molar-refractivity contribution in [3.05, 3.63) is 69.7 Å². The Kier molecular flexibility index (Phi) is 4.28. The van der Waals surface area contributed by atoms with Gasteiger partial charge in [-0.1, -0.05) is 34.1 Å². The van der Waals surface area contributed by atoms with Gasteiger partial charge in [0.05, 0.1) is 17.5 Å². The average Bonchev–Trinajstić information content (AvgIpc) is 3.57. The van der Waals surface area contributed by atoms with Crippen LogP contribution in [0.25, 0.3) is 0 Å². The normalized spacial score (nSPS) is 31.5. The summed E-state index contributed by atoms with van der Waals surface area (Å²) in [6, 6.07) is 10.6. The minimum Gasteiger partial charge on any atom is -0.322 e. The quantitative estimate of drug-likeness (QED) is 0.492. The Labute approximate surface area is 195 Å². The highest BCUT2D eigenvalue weighted by atomic mass is 79.9. The second-order valence-corrected chi connectivity index (χ2v) is 10.4. The van der Waals surface area contributed by atoms with Gasteiger partial charge in [-0.25, -0.2) is 4.90 Å². The SMILES string of the molecule is Cc1c(Br)ccc(NC(=O)c2cccc(N3C(=O)[C@@H]4[C@H]5C=C[C@@H]([C@@H]6C[C@@H]56)[C@H]4C3=O)c2)c1C. The second kappa shape index (κ2) is 6.88. The van der Waals surface area contributed by atoms with Crippen molar-refractivity contribution in [1.82, 2.24) is 0 Å². The number of hydrogen-bond acceptors (Lipinski definition) is 3. The largest absolute Gasteiger partial charge is 0.322 e. The van der Waals surface area contributed by atoms with Crippen LogP contribution in [0.1, 0.15) is 27.9 Å². The van der Waals surface area contributed by atoms with Gasteiger partial charge in [0.15, 0.2) is 0 Å². The van der Waals surface area contributed by atoms with Crippen molar-refractivity contribution in [3.8, 4) is 0 Å². The molecule has 5 nitrogen and oxygen atoms in total. The molecule has 5 aliphatic rings. The van der Waals surface area contributed by atoms with Gasteiger partial charge in [-0.2, -0.15) is 0 Å². The molecule has 2 aromatic carbocycles. The van der Waals surface area contributed by atoms with Gasteiger partial charge in [0.25, 0.3) is 5.91 Å². The Hall–Kier alpha value is -2.73. The number of allylic oxidation sites excluding steroid dienone is 2. The third-order valence-corrected chi connectivity index (χ3v) is 8.86. The van der Waals surface area contributed by atoms with Crippen molar-refractivity contribution < 1.29 is 14.4 Å². The van der Waals surface area contributed by atoms with E-state index >= 15 is 0 Å². The third-order valence-electron chi connectivity index (χ3n) is 8.00. The van der Waals surface area contributed by atoms with Gasteiger partial charge < -0.3 is 5.32 Å². The van der Waals surface area contributed by atoms with E-state index in [-0.39, 0.29) is 41.4 Å². The van der Waals surface area contributed by atoms with Crippen LogP contribution in [0.5, 0.6) is 0 Å². The lowest BCUT2D eigenvalue weighted by atomic mass is 9.63. The summed E-state index contributed by atoms with van der Waals surface area (Å²) in [4.78, 5) is 41.0. The molecular formula is C26H23BrN2O3. The first-order valence-corrected chi connectivity index (χ1v) is 11.9. The molecule has 6 heteroatoms. The number of rotatable bonds is 3. The lowest BCUT2D eigenvalue weighted by Crippen LogP contribution is -2.40. The lowest BCUT2D eigenvalue weighted by molar-refractivity contribution is -0.124. The Bertz CT molecular complexity index is 1200. The van der Waals surface area contributed by atoms with Crippen LogP contribution in [0.2, 0.25) is 0 Å². The maximum absolute atomic E-state index is 13.4. The van der Waals surface area contributed by atoms with E-state index in [1.54, 1.807) is 24.3 Å². The Morgan fingerprint density at radius 3 is 2.28 bits per heavy atom. The van der Waals surface area contributed by atoms with Gasteiger partial charge >= 0.3 is 0 Å². The van der Waals surface area contributed by atoms with E-state index in [0.29, 0.717) is 23.1 Å². The number of nitrogens with zero attached hydrogens (tertiary/aromatic N) is 1. The molecule has 0 unspecified atom stereocenters. The topological polar surface area (TPSA) is 66.5 Å². The molecule has 32 heavy (non-hydrogen) atoms. The molecule has 1 N–H and O–H groups in total. The molecule has 7 rings (SSSR count). The molecule has 1 saturated heterocycles. The molecule has 3 amide bonds. The van der Waals surface area contributed by atoms with Gasteiger partial charge in [0, 0.05) is 15.7 Å². The molecule has 0 radical (unpaired) electrons. The van der Waals surface area contributed by atoms with E-state index in [1.165, 1.54) is 4.90 Å². The number of anilines is 2. The van der Waals surface area contributed by atoms with Crippen LogP contribution < -0.4 is 10.2 Å². The summed E-state index contributed by atoms with van der Waals surface area (Å²) in [6.07, 6.45) is 5.47.